The van der Waals surface area contributed by atoms with E-state index >= 15 is 0 Å². The first-order valence-electron chi connectivity index (χ1n) is 4.00. The molecule has 0 unspecified atom stereocenters. The van der Waals surface area contributed by atoms with Gasteiger partial charge in [-0.1, -0.05) is 19.9 Å². The summed E-state index contributed by atoms with van der Waals surface area (Å²) in [4.78, 5) is 0. The Morgan fingerprint density at radius 2 is 2.33 bits per heavy atom. The molecule has 1 rings (SSSR count). The number of thiophene rings is 1. The van der Waals surface area contributed by atoms with Gasteiger partial charge in [0, 0.05) is 5.75 Å². The molecule has 12 heavy (non-hydrogen) atoms. The van der Waals surface area contributed by atoms with Gasteiger partial charge in [0.25, 0.3) is 0 Å². The Balaban J connectivity index is 2.36. The summed E-state index contributed by atoms with van der Waals surface area (Å²) in [5, 5.41) is 2.11. The zero-order valence-electron chi connectivity index (χ0n) is 7.54. The van der Waals surface area contributed by atoms with E-state index in [1.165, 1.54) is 4.21 Å². The van der Waals surface area contributed by atoms with Crippen molar-refractivity contribution in [3.05, 3.63) is 17.5 Å². The summed E-state index contributed by atoms with van der Waals surface area (Å²) in [5.74, 6) is 1.10. The van der Waals surface area contributed by atoms with Gasteiger partial charge < -0.3 is 5.73 Å². The smallest absolute Gasteiger partial charge is 0.0598 e. The number of hydrogen-bond acceptors (Lipinski definition) is 3. The lowest BCUT2D eigenvalue weighted by atomic mass is 9.97. The minimum atomic E-state index is 0.259. The highest BCUT2D eigenvalue weighted by Gasteiger charge is 2.15. The third-order valence-corrected chi connectivity index (χ3v) is 4.30. The molecule has 0 radical (unpaired) electrons. The largest absolute Gasteiger partial charge is 0.330 e. The molecular weight excluding hydrogens is 186 g/mol. The predicted molar refractivity (Wildman–Crippen MR) is 57.9 cm³/mol. The van der Waals surface area contributed by atoms with Gasteiger partial charge >= 0.3 is 0 Å². The summed E-state index contributed by atoms with van der Waals surface area (Å²) in [5.41, 5.74) is 5.89. The third kappa shape index (κ3) is 3.17. The molecule has 3 heteroatoms. The summed E-state index contributed by atoms with van der Waals surface area (Å²) < 4.78 is 1.39. The lowest BCUT2D eigenvalue weighted by Gasteiger charge is -2.20. The normalized spacial score (nSPS) is 11.9. The molecule has 0 saturated carbocycles. The lowest BCUT2D eigenvalue weighted by molar-refractivity contribution is 0.439. The van der Waals surface area contributed by atoms with Crippen molar-refractivity contribution in [1.29, 1.82) is 0 Å². The molecule has 0 aliphatic rings. The summed E-state index contributed by atoms with van der Waals surface area (Å²) in [6.07, 6.45) is 0. The molecule has 0 aromatic carbocycles. The van der Waals surface area contributed by atoms with Crippen LogP contribution in [0, 0.1) is 5.41 Å². The molecule has 0 fully saturated rings. The van der Waals surface area contributed by atoms with E-state index < -0.39 is 0 Å². The van der Waals surface area contributed by atoms with Crippen LogP contribution in [0.5, 0.6) is 0 Å². The molecule has 0 aliphatic carbocycles. The van der Waals surface area contributed by atoms with Crippen molar-refractivity contribution < 1.29 is 0 Å². The minimum Gasteiger partial charge on any atom is -0.330 e. The molecule has 68 valence electrons. The van der Waals surface area contributed by atoms with Crippen molar-refractivity contribution in [2.24, 2.45) is 11.1 Å². The van der Waals surface area contributed by atoms with Gasteiger partial charge in [0.2, 0.25) is 0 Å². The van der Waals surface area contributed by atoms with Gasteiger partial charge in [0.1, 0.15) is 0 Å². The molecular formula is C9H15NS2. The zero-order valence-corrected chi connectivity index (χ0v) is 9.17. The molecule has 1 nitrogen and oxygen atoms in total. The Morgan fingerprint density at radius 3 is 2.83 bits per heavy atom. The van der Waals surface area contributed by atoms with Gasteiger partial charge in [0.15, 0.2) is 0 Å². The Hall–Kier alpha value is 0.01000. The van der Waals surface area contributed by atoms with E-state index in [2.05, 4.69) is 31.4 Å². The highest BCUT2D eigenvalue weighted by molar-refractivity contribution is 8.01. The highest BCUT2D eigenvalue weighted by atomic mass is 32.2. The van der Waals surface area contributed by atoms with E-state index in [1.54, 1.807) is 11.3 Å². The fourth-order valence-corrected chi connectivity index (χ4v) is 2.56. The number of rotatable bonds is 4. The monoisotopic (exact) mass is 201 g/mol. The molecule has 0 saturated heterocycles. The van der Waals surface area contributed by atoms with Crippen molar-refractivity contribution in [1.82, 2.24) is 0 Å². The van der Waals surface area contributed by atoms with Crippen LogP contribution in [0.25, 0.3) is 0 Å². The predicted octanol–water partition coefficient (Wildman–Crippen LogP) is 2.83. The maximum atomic E-state index is 5.64. The Labute approximate surface area is 82.4 Å². The van der Waals surface area contributed by atoms with Gasteiger partial charge in [-0.15, -0.1) is 23.1 Å². The second-order valence-electron chi connectivity index (χ2n) is 3.59. The van der Waals surface area contributed by atoms with Gasteiger partial charge in [0.05, 0.1) is 4.21 Å². The quantitative estimate of drug-likeness (QED) is 0.758. The van der Waals surface area contributed by atoms with E-state index in [1.807, 2.05) is 11.8 Å². The van der Waals surface area contributed by atoms with Gasteiger partial charge in [-0.2, -0.15) is 0 Å². The summed E-state index contributed by atoms with van der Waals surface area (Å²) in [6.45, 7) is 5.16. The number of nitrogens with two attached hydrogens (primary N) is 1. The van der Waals surface area contributed by atoms with Crippen LogP contribution in [0.2, 0.25) is 0 Å². The molecule has 1 heterocycles. The second kappa shape index (κ2) is 4.30. The Morgan fingerprint density at radius 1 is 1.58 bits per heavy atom. The molecule has 0 atom stereocenters. The average molecular weight is 201 g/mol. The maximum Gasteiger partial charge on any atom is 0.0598 e. The van der Waals surface area contributed by atoms with Crippen LogP contribution in [0.3, 0.4) is 0 Å². The minimum absolute atomic E-state index is 0.259. The Kier molecular flexibility index (Phi) is 3.62. The maximum absolute atomic E-state index is 5.64. The molecule has 0 bridgehead atoms. The first-order chi connectivity index (χ1) is 5.64. The zero-order chi connectivity index (χ0) is 9.03. The van der Waals surface area contributed by atoms with E-state index in [0.29, 0.717) is 0 Å². The number of thioether (sulfide) groups is 1. The van der Waals surface area contributed by atoms with E-state index in [4.69, 9.17) is 5.73 Å². The van der Waals surface area contributed by atoms with Crippen LogP contribution >= 0.6 is 23.1 Å². The van der Waals surface area contributed by atoms with Gasteiger partial charge in [-0.25, -0.2) is 0 Å². The lowest BCUT2D eigenvalue weighted by Crippen LogP contribution is -2.25. The SMILES string of the molecule is CC(C)(CN)CSc1cccs1. The van der Waals surface area contributed by atoms with E-state index in [9.17, 15) is 0 Å². The van der Waals surface area contributed by atoms with Crippen molar-refractivity contribution in [3.63, 3.8) is 0 Å². The molecule has 0 aliphatic heterocycles. The van der Waals surface area contributed by atoms with Gasteiger partial charge in [-0.3, -0.25) is 0 Å². The summed E-state index contributed by atoms with van der Waals surface area (Å²) in [6, 6.07) is 4.24. The van der Waals surface area contributed by atoms with Crippen LogP contribution in [0.15, 0.2) is 21.7 Å². The summed E-state index contributed by atoms with van der Waals surface area (Å²) in [7, 11) is 0. The van der Waals surface area contributed by atoms with Crippen molar-refractivity contribution in [3.8, 4) is 0 Å². The molecule has 2 N–H and O–H groups in total. The fourth-order valence-electron chi connectivity index (χ4n) is 0.671. The topological polar surface area (TPSA) is 26.0 Å². The van der Waals surface area contributed by atoms with Crippen LogP contribution in [0.4, 0.5) is 0 Å². The molecule has 0 spiro atoms. The first kappa shape index (κ1) is 10.1. The summed E-state index contributed by atoms with van der Waals surface area (Å²) >= 11 is 3.69. The van der Waals surface area contributed by atoms with Crippen LogP contribution < -0.4 is 5.73 Å². The van der Waals surface area contributed by atoms with Crippen molar-refractivity contribution in [2.45, 2.75) is 18.1 Å². The fraction of sp³-hybridized carbons (Fsp3) is 0.556. The standard InChI is InChI=1S/C9H15NS2/c1-9(2,6-10)7-12-8-4-3-5-11-8/h3-5H,6-7,10H2,1-2H3. The first-order valence-corrected chi connectivity index (χ1v) is 5.87. The van der Waals surface area contributed by atoms with Gasteiger partial charge in [-0.05, 0) is 23.4 Å². The van der Waals surface area contributed by atoms with E-state index in [-0.39, 0.29) is 5.41 Å². The second-order valence-corrected chi connectivity index (χ2v) is 5.81. The average Bonchev–Trinajstić information content (AvgIpc) is 2.53. The number of hydrogen-bond donors (Lipinski definition) is 1. The van der Waals surface area contributed by atoms with E-state index in [0.717, 1.165) is 12.3 Å². The Bertz CT molecular complexity index is 216. The highest BCUT2D eigenvalue weighted by Crippen LogP contribution is 2.29. The third-order valence-electron chi connectivity index (χ3n) is 1.65. The van der Waals surface area contributed by atoms with Crippen molar-refractivity contribution >= 4 is 23.1 Å². The molecule has 1 aromatic heterocycles. The van der Waals surface area contributed by atoms with Crippen LogP contribution in [0.1, 0.15) is 13.8 Å². The molecule has 1 aromatic rings. The molecule has 0 amide bonds. The van der Waals surface area contributed by atoms with Crippen LogP contribution in [-0.4, -0.2) is 12.3 Å². The van der Waals surface area contributed by atoms with Crippen molar-refractivity contribution in [2.75, 3.05) is 12.3 Å². The van der Waals surface area contributed by atoms with Crippen LogP contribution in [-0.2, 0) is 0 Å².